The van der Waals surface area contributed by atoms with Crippen LogP contribution >= 0.6 is 0 Å². The lowest BCUT2D eigenvalue weighted by Gasteiger charge is -2.17. The molecule has 0 fully saturated rings. The van der Waals surface area contributed by atoms with E-state index in [2.05, 4.69) is 5.32 Å². The van der Waals surface area contributed by atoms with Crippen LogP contribution in [0.3, 0.4) is 0 Å². The lowest BCUT2D eigenvalue weighted by Crippen LogP contribution is -2.18. The van der Waals surface area contributed by atoms with Crippen molar-refractivity contribution >= 4 is 11.7 Å². The largest absolute Gasteiger partial charge is 0.478 e. The van der Waals surface area contributed by atoms with Crippen LogP contribution in [0.25, 0.3) is 0 Å². The number of carboxylic acid groups (broad SMARTS) is 1. The number of aliphatic hydroxyl groups is 1. The second kappa shape index (κ2) is 6.60. The molecule has 0 bridgehead atoms. The highest BCUT2D eigenvalue weighted by molar-refractivity contribution is 5.90. The van der Waals surface area contributed by atoms with E-state index in [4.69, 9.17) is 10.2 Å². The fourth-order valence-electron chi connectivity index (χ4n) is 1.81. The average molecular weight is 291 g/mol. The smallest absolute Gasteiger partial charge is 0.417 e. The van der Waals surface area contributed by atoms with Gasteiger partial charge in [0, 0.05) is 18.3 Å². The van der Waals surface area contributed by atoms with Gasteiger partial charge in [0.1, 0.15) is 0 Å². The van der Waals surface area contributed by atoms with Crippen LogP contribution in [0.1, 0.15) is 35.7 Å². The summed E-state index contributed by atoms with van der Waals surface area (Å²) in [7, 11) is 0. The number of carbonyl (C=O) groups is 1. The van der Waals surface area contributed by atoms with Gasteiger partial charge in [-0.3, -0.25) is 0 Å². The van der Waals surface area contributed by atoms with Crippen molar-refractivity contribution in [3.8, 4) is 0 Å². The molecule has 112 valence electrons. The molecule has 0 saturated heterocycles. The predicted molar refractivity (Wildman–Crippen MR) is 67.8 cm³/mol. The highest BCUT2D eigenvalue weighted by Crippen LogP contribution is 2.34. The number of alkyl halides is 3. The Kier molecular flexibility index (Phi) is 5.38. The Labute approximate surface area is 114 Å². The molecule has 7 heteroatoms. The van der Waals surface area contributed by atoms with Gasteiger partial charge >= 0.3 is 12.1 Å². The van der Waals surface area contributed by atoms with Gasteiger partial charge in [-0.25, -0.2) is 4.79 Å². The van der Waals surface area contributed by atoms with Crippen LogP contribution in [0.4, 0.5) is 18.9 Å². The standard InChI is InChI=1S/C13H16F3NO3/c1-8(3-2-6-18)17-9-4-5-10(12(19)20)11(7-9)13(14,15)16/h4-5,7-8,17-18H,2-3,6H2,1H3,(H,19,20). The Morgan fingerprint density at radius 2 is 2.05 bits per heavy atom. The van der Waals surface area contributed by atoms with E-state index >= 15 is 0 Å². The summed E-state index contributed by atoms with van der Waals surface area (Å²) in [4.78, 5) is 10.8. The first kappa shape index (κ1) is 16.3. The Morgan fingerprint density at radius 3 is 2.55 bits per heavy atom. The van der Waals surface area contributed by atoms with Gasteiger partial charge < -0.3 is 15.5 Å². The molecule has 1 unspecified atom stereocenters. The van der Waals surface area contributed by atoms with Crippen molar-refractivity contribution in [3.63, 3.8) is 0 Å². The third kappa shape index (κ3) is 4.41. The Bertz CT molecular complexity index is 474. The van der Waals surface area contributed by atoms with E-state index < -0.39 is 23.3 Å². The molecule has 4 nitrogen and oxygen atoms in total. The molecule has 1 aromatic rings. The molecule has 3 N–H and O–H groups in total. The van der Waals surface area contributed by atoms with Gasteiger partial charge in [-0.1, -0.05) is 0 Å². The molecule has 1 aromatic carbocycles. The first-order chi connectivity index (χ1) is 9.25. The van der Waals surface area contributed by atoms with Gasteiger partial charge in [-0.2, -0.15) is 13.2 Å². The van der Waals surface area contributed by atoms with Crippen molar-refractivity contribution in [1.82, 2.24) is 0 Å². The minimum absolute atomic E-state index is 0.0117. The molecule has 0 heterocycles. The maximum absolute atomic E-state index is 12.8. The Morgan fingerprint density at radius 1 is 1.40 bits per heavy atom. The van der Waals surface area contributed by atoms with Gasteiger partial charge in [-0.05, 0) is 38.0 Å². The second-order valence-electron chi connectivity index (χ2n) is 4.47. The summed E-state index contributed by atoms with van der Waals surface area (Å²) >= 11 is 0. The molecule has 1 rings (SSSR count). The van der Waals surface area contributed by atoms with Crippen LogP contribution < -0.4 is 5.32 Å². The maximum Gasteiger partial charge on any atom is 0.417 e. The number of aliphatic hydroxyl groups excluding tert-OH is 1. The van der Waals surface area contributed by atoms with E-state index in [-0.39, 0.29) is 18.3 Å². The van der Waals surface area contributed by atoms with Crippen LogP contribution in [-0.4, -0.2) is 28.8 Å². The first-order valence-electron chi connectivity index (χ1n) is 6.07. The molecule has 0 radical (unpaired) electrons. The Hall–Kier alpha value is -1.76. The quantitative estimate of drug-likeness (QED) is 0.753. The van der Waals surface area contributed by atoms with E-state index in [9.17, 15) is 18.0 Å². The minimum atomic E-state index is -4.72. The highest BCUT2D eigenvalue weighted by atomic mass is 19.4. The van der Waals surface area contributed by atoms with Crippen LogP contribution in [0, 0.1) is 0 Å². The summed E-state index contributed by atoms with van der Waals surface area (Å²) in [6, 6.07) is 2.90. The van der Waals surface area contributed by atoms with Crippen LogP contribution in [-0.2, 0) is 6.18 Å². The van der Waals surface area contributed by atoms with Crippen molar-refractivity contribution in [2.75, 3.05) is 11.9 Å². The van der Waals surface area contributed by atoms with Crippen molar-refractivity contribution < 1.29 is 28.2 Å². The number of nitrogens with one attached hydrogen (secondary N) is 1. The van der Waals surface area contributed by atoms with E-state index in [1.807, 2.05) is 0 Å². The Balaban J connectivity index is 2.98. The molecule has 0 spiro atoms. The molecule has 0 amide bonds. The number of benzene rings is 1. The SMILES string of the molecule is CC(CCCO)Nc1ccc(C(=O)O)c(C(F)(F)F)c1. The number of carboxylic acids is 1. The van der Waals surface area contributed by atoms with Crippen LogP contribution in [0.15, 0.2) is 18.2 Å². The lowest BCUT2D eigenvalue weighted by molar-refractivity contribution is -0.138. The number of hydrogen-bond donors (Lipinski definition) is 3. The molecule has 0 saturated carbocycles. The number of anilines is 1. The predicted octanol–water partition coefficient (Wildman–Crippen LogP) is 2.98. The number of halogens is 3. The normalized spacial score (nSPS) is 13.1. The summed E-state index contributed by atoms with van der Waals surface area (Å²) in [6.07, 6.45) is -3.59. The highest BCUT2D eigenvalue weighted by Gasteiger charge is 2.35. The number of rotatable bonds is 6. The van der Waals surface area contributed by atoms with E-state index in [1.165, 1.54) is 6.07 Å². The topological polar surface area (TPSA) is 69.6 Å². The van der Waals surface area contributed by atoms with Crippen LogP contribution in [0.2, 0.25) is 0 Å². The second-order valence-corrected chi connectivity index (χ2v) is 4.47. The summed E-state index contributed by atoms with van der Waals surface area (Å²) in [5, 5.41) is 20.3. The van der Waals surface area contributed by atoms with Crippen LogP contribution in [0.5, 0.6) is 0 Å². The number of hydrogen-bond acceptors (Lipinski definition) is 3. The molecule has 20 heavy (non-hydrogen) atoms. The summed E-state index contributed by atoms with van der Waals surface area (Å²) in [5.41, 5.74) is -1.75. The van der Waals surface area contributed by atoms with Gasteiger partial charge in [0.05, 0.1) is 11.1 Å². The molecular formula is C13H16F3NO3. The van der Waals surface area contributed by atoms with Gasteiger partial charge in [0.15, 0.2) is 0 Å². The van der Waals surface area contributed by atoms with E-state index in [0.29, 0.717) is 12.8 Å². The fourth-order valence-corrected chi connectivity index (χ4v) is 1.81. The minimum Gasteiger partial charge on any atom is -0.478 e. The maximum atomic E-state index is 12.8. The molecule has 0 aliphatic heterocycles. The lowest BCUT2D eigenvalue weighted by atomic mass is 10.1. The summed E-state index contributed by atoms with van der Waals surface area (Å²) in [5.74, 6) is -1.61. The van der Waals surface area contributed by atoms with Crippen molar-refractivity contribution in [2.24, 2.45) is 0 Å². The van der Waals surface area contributed by atoms with Gasteiger partial charge in [0.2, 0.25) is 0 Å². The third-order valence-corrected chi connectivity index (χ3v) is 2.76. The van der Waals surface area contributed by atoms with Crippen molar-refractivity contribution in [2.45, 2.75) is 32.0 Å². The fraction of sp³-hybridized carbons (Fsp3) is 0.462. The zero-order valence-electron chi connectivity index (χ0n) is 10.9. The monoisotopic (exact) mass is 291 g/mol. The summed E-state index contributed by atoms with van der Waals surface area (Å²) in [6.45, 7) is 1.78. The third-order valence-electron chi connectivity index (χ3n) is 2.76. The first-order valence-corrected chi connectivity index (χ1v) is 6.07. The molecule has 0 aliphatic rings. The zero-order chi connectivity index (χ0) is 15.3. The average Bonchev–Trinajstić information content (AvgIpc) is 2.35. The van der Waals surface area contributed by atoms with Gasteiger partial charge in [-0.15, -0.1) is 0 Å². The molecular weight excluding hydrogens is 275 g/mol. The number of aromatic carboxylic acids is 1. The van der Waals surface area contributed by atoms with Gasteiger partial charge in [0.25, 0.3) is 0 Å². The molecule has 0 aliphatic carbocycles. The summed E-state index contributed by atoms with van der Waals surface area (Å²) < 4.78 is 38.4. The van der Waals surface area contributed by atoms with E-state index in [0.717, 1.165) is 12.1 Å². The van der Waals surface area contributed by atoms with E-state index in [1.54, 1.807) is 6.92 Å². The molecule has 0 aromatic heterocycles. The van der Waals surface area contributed by atoms with Crippen molar-refractivity contribution in [1.29, 1.82) is 0 Å². The zero-order valence-corrected chi connectivity index (χ0v) is 10.9. The molecule has 1 atom stereocenters. The van der Waals surface area contributed by atoms with Crippen molar-refractivity contribution in [3.05, 3.63) is 29.3 Å².